The molecule has 41 heavy (non-hydrogen) atoms. The van der Waals surface area contributed by atoms with Crippen molar-refractivity contribution in [2.24, 2.45) is 11.8 Å². The first-order valence-corrected chi connectivity index (χ1v) is 14.4. The Morgan fingerprint density at radius 2 is 1.37 bits per heavy atom. The van der Waals surface area contributed by atoms with E-state index in [2.05, 4.69) is 46.6 Å². The number of methoxy groups -OCH3 is 1. The zero-order chi connectivity index (χ0) is 29.2. The van der Waals surface area contributed by atoms with Crippen LogP contribution in [0.3, 0.4) is 0 Å². The predicted octanol–water partition coefficient (Wildman–Crippen LogP) is 3.87. The van der Waals surface area contributed by atoms with Crippen LogP contribution in [0.5, 0.6) is 0 Å². The van der Waals surface area contributed by atoms with Crippen molar-refractivity contribution < 1.29 is 19.1 Å². The monoisotopic (exact) mass is 553 g/mol. The molecule has 2 aliphatic heterocycles. The highest BCUT2D eigenvalue weighted by atomic mass is 16.5. The Labute approximate surface area is 242 Å². The van der Waals surface area contributed by atoms with Gasteiger partial charge in [0.15, 0.2) is 5.78 Å². The van der Waals surface area contributed by atoms with Crippen LogP contribution in [0.1, 0.15) is 37.0 Å². The quantitative estimate of drug-likeness (QED) is 0.178. The van der Waals surface area contributed by atoms with Crippen molar-refractivity contribution in [2.75, 3.05) is 33.8 Å². The zero-order valence-electron chi connectivity index (χ0n) is 24.2. The van der Waals surface area contributed by atoms with Crippen LogP contribution in [0, 0.1) is 11.8 Å². The molecule has 0 radical (unpaired) electrons. The number of nitrogens with one attached hydrogen (secondary N) is 1. The number of amides is 1. The Balaban J connectivity index is 1.60. The highest BCUT2D eigenvalue weighted by Gasteiger charge is 2.62. The van der Waals surface area contributed by atoms with Crippen molar-refractivity contribution in [3.63, 3.8) is 0 Å². The van der Waals surface area contributed by atoms with Gasteiger partial charge in [0.1, 0.15) is 6.04 Å². The summed E-state index contributed by atoms with van der Waals surface area (Å²) in [5.41, 5.74) is 0.631. The van der Waals surface area contributed by atoms with Crippen molar-refractivity contribution in [2.45, 2.75) is 37.4 Å². The second-order valence-corrected chi connectivity index (χ2v) is 11.3. The lowest BCUT2D eigenvalue weighted by atomic mass is 9.75. The van der Waals surface area contributed by atoms with Gasteiger partial charge in [-0.25, -0.2) is 4.79 Å². The summed E-state index contributed by atoms with van der Waals surface area (Å²) in [6.07, 6.45) is 0.626. The highest BCUT2D eigenvalue weighted by molar-refractivity contribution is 6.12. The van der Waals surface area contributed by atoms with Crippen LogP contribution in [0.25, 0.3) is 0 Å². The molecule has 2 heterocycles. The molecule has 0 bridgehead atoms. The number of esters is 1. The minimum Gasteiger partial charge on any atom is -0.467 e. The standard InChI is InChI=1S/C34H39N3O4/c1-24(2)33(32(40)41-4,30(38)25-20-21-35-22-25)36(3)31(39)29-23-37(29)34(26-14-8-5-9-15-26,27-16-10-6-11-17-27)28-18-12-7-13-19-28/h5-19,24-25,29,35H,20-23H2,1-4H3/t25?,29?,33-,37?/m1/s1. The van der Waals surface area contributed by atoms with Crippen molar-refractivity contribution in [3.8, 4) is 0 Å². The van der Waals surface area contributed by atoms with Crippen LogP contribution in [-0.2, 0) is 24.7 Å². The molecule has 4 atom stereocenters. The van der Waals surface area contributed by atoms with Gasteiger partial charge in [-0.3, -0.25) is 14.5 Å². The molecule has 0 aliphatic carbocycles. The average molecular weight is 554 g/mol. The molecule has 3 aromatic rings. The van der Waals surface area contributed by atoms with Crippen LogP contribution in [0.15, 0.2) is 91.0 Å². The van der Waals surface area contributed by atoms with Gasteiger partial charge in [0.25, 0.3) is 0 Å². The van der Waals surface area contributed by atoms with Crippen LogP contribution >= 0.6 is 0 Å². The van der Waals surface area contributed by atoms with Crippen LogP contribution in [0.2, 0.25) is 0 Å². The first-order chi connectivity index (χ1) is 19.8. The molecule has 3 unspecified atom stereocenters. The molecule has 2 fully saturated rings. The first kappa shape index (κ1) is 28.7. The number of likely N-dealkylation sites (N-methyl/N-ethyl adjacent to an activating group) is 1. The predicted molar refractivity (Wildman–Crippen MR) is 158 cm³/mol. The van der Waals surface area contributed by atoms with Crippen molar-refractivity contribution in [3.05, 3.63) is 108 Å². The summed E-state index contributed by atoms with van der Waals surface area (Å²) in [6, 6.07) is 30.0. The summed E-state index contributed by atoms with van der Waals surface area (Å²) < 4.78 is 5.24. The van der Waals surface area contributed by atoms with Crippen LogP contribution in [0.4, 0.5) is 0 Å². The lowest BCUT2D eigenvalue weighted by Crippen LogP contribution is -2.66. The number of benzene rings is 3. The second-order valence-electron chi connectivity index (χ2n) is 11.3. The molecule has 1 N–H and O–H groups in total. The van der Waals surface area contributed by atoms with E-state index in [1.165, 1.54) is 12.0 Å². The number of rotatable bonds is 10. The Morgan fingerprint density at radius 3 is 1.76 bits per heavy atom. The minimum atomic E-state index is -1.72. The van der Waals surface area contributed by atoms with E-state index in [1.54, 1.807) is 7.05 Å². The third-order valence-corrected chi connectivity index (χ3v) is 8.90. The molecule has 0 aromatic heterocycles. The number of carbonyl (C=O) groups excluding carboxylic acids is 3. The summed E-state index contributed by atoms with van der Waals surface area (Å²) in [6.45, 7) is 5.28. The molecule has 5 rings (SSSR count). The highest BCUT2D eigenvalue weighted by Crippen LogP contribution is 2.49. The average Bonchev–Trinajstić information content (AvgIpc) is 3.60. The maximum atomic E-state index is 14.5. The van der Waals surface area contributed by atoms with Gasteiger partial charge in [0.2, 0.25) is 11.4 Å². The summed E-state index contributed by atoms with van der Waals surface area (Å²) in [4.78, 5) is 45.6. The molecule has 214 valence electrons. The topological polar surface area (TPSA) is 78.7 Å². The SMILES string of the molecule is COC(=O)[C@](C(=O)C1CCNC1)(C(C)C)N(C)C(=O)C1CN1C(c1ccccc1)(c1ccccc1)c1ccccc1. The zero-order valence-corrected chi connectivity index (χ0v) is 24.2. The molecular formula is C34H39N3O4. The van der Waals surface area contributed by atoms with Gasteiger partial charge in [0, 0.05) is 26.1 Å². The number of ketones is 1. The minimum absolute atomic E-state index is 0.257. The molecule has 0 spiro atoms. The van der Waals surface area contributed by atoms with E-state index in [0.29, 0.717) is 26.1 Å². The molecule has 7 heteroatoms. The maximum Gasteiger partial charge on any atom is 0.339 e. The van der Waals surface area contributed by atoms with E-state index < -0.39 is 29.0 Å². The fourth-order valence-electron chi connectivity index (χ4n) is 6.81. The summed E-state index contributed by atoms with van der Waals surface area (Å²) in [5, 5.41) is 3.22. The number of nitrogens with zero attached hydrogens (tertiary/aromatic N) is 2. The fraction of sp³-hybridized carbons (Fsp3) is 0.382. The smallest absolute Gasteiger partial charge is 0.339 e. The molecule has 2 saturated heterocycles. The molecule has 2 aliphatic rings. The van der Waals surface area contributed by atoms with E-state index in [4.69, 9.17) is 4.74 Å². The van der Waals surface area contributed by atoms with E-state index in [1.807, 2.05) is 68.4 Å². The molecule has 3 aromatic carbocycles. The number of hydrogen-bond acceptors (Lipinski definition) is 6. The van der Waals surface area contributed by atoms with Gasteiger partial charge in [-0.05, 0) is 35.6 Å². The van der Waals surface area contributed by atoms with Crippen LogP contribution in [-0.4, -0.2) is 72.8 Å². The molecular weight excluding hydrogens is 514 g/mol. The van der Waals surface area contributed by atoms with Gasteiger partial charge < -0.3 is 15.0 Å². The van der Waals surface area contributed by atoms with E-state index in [-0.39, 0.29) is 17.6 Å². The number of ether oxygens (including phenoxy) is 1. The first-order valence-electron chi connectivity index (χ1n) is 14.4. The third kappa shape index (κ3) is 4.67. The van der Waals surface area contributed by atoms with Gasteiger partial charge in [0.05, 0.1) is 12.6 Å². The largest absolute Gasteiger partial charge is 0.467 e. The van der Waals surface area contributed by atoms with Gasteiger partial charge >= 0.3 is 5.97 Å². The maximum absolute atomic E-state index is 14.5. The number of hydrogen-bond donors (Lipinski definition) is 1. The molecule has 1 amide bonds. The van der Waals surface area contributed by atoms with Crippen molar-refractivity contribution in [1.29, 1.82) is 0 Å². The summed E-state index contributed by atoms with van der Waals surface area (Å²) >= 11 is 0. The lowest BCUT2D eigenvalue weighted by molar-refractivity contribution is -0.170. The van der Waals surface area contributed by atoms with Crippen molar-refractivity contribution in [1.82, 2.24) is 15.1 Å². The lowest BCUT2D eigenvalue weighted by Gasteiger charge is -2.43. The summed E-state index contributed by atoms with van der Waals surface area (Å²) in [5.74, 6) is -2.05. The van der Waals surface area contributed by atoms with E-state index >= 15 is 0 Å². The Bertz CT molecular complexity index is 1280. The van der Waals surface area contributed by atoms with Crippen molar-refractivity contribution >= 4 is 17.7 Å². The fourth-order valence-corrected chi connectivity index (χ4v) is 6.81. The Kier molecular flexibility index (Phi) is 8.11. The number of Topliss-reactive ketones (excluding diaryl/α,β-unsaturated/α-hetero) is 1. The van der Waals surface area contributed by atoms with E-state index in [9.17, 15) is 14.4 Å². The Hall–Kier alpha value is -3.81. The van der Waals surface area contributed by atoms with Gasteiger partial charge in [-0.15, -0.1) is 0 Å². The molecule has 0 saturated carbocycles. The molecule has 7 nitrogen and oxygen atoms in total. The third-order valence-electron chi connectivity index (χ3n) is 8.90. The van der Waals surface area contributed by atoms with Crippen LogP contribution < -0.4 is 5.32 Å². The number of carbonyl (C=O) groups is 3. The van der Waals surface area contributed by atoms with E-state index in [0.717, 1.165) is 16.7 Å². The van der Waals surface area contributed by atoms with Gasteiger partial charge in [-0.1, -0.05) is 105 Å². The Morgan fingerprint density at radius 1 is 0.878 bits per heavy atom. The van der Waals surface area contributed by atoms with Gasteiger partial charge in [-0.2, -0.15) is 0 Å². The normalized spacial score (nSPS) is 21.6. The second kappa shape index (κ2) is 11.6. The summed E-state index contributed by atoms with van der Waals surface area (Å²) in [7, 11) is 2.87.